The van der Waals surface area contributed by atoms with Crippen LogP contribution in [0.4, 0.5) is 4.39 Å². The Morgan fingerprint density at radius 2 is 2.13 bits per heavy atom. The Bertz CT molecular complexity index is 408. The Labute approximate surface area is 89.7 Å². The monoisotopic (exact) mass is 231 g/mol. The molecule has 0 radical (unpaired) electrons. The third-order valence-electron chi connectivity index (χ3n) is 1.64. The van der Waals surface area contributed by atoms with Crippen LogP contribution in [0.5, 0.6) is 0 Å². The van der Waals surface area contributed by atoms with E-state index < -0.39 is 17.7 Å². The number of halogens is 2. The smallest absolute Gasteiger partial charge is 0.394 e. The highest BCUT2D eigenvalue weighted by molar-refractivity contribution is 6.31. The fourth-order valence-corrected chi connectivity index (χ4v) is 1.12. The molecule has 0 saturated carbocycles. The van der Waals surface area contributed by atoms with E-state index in [1.54, 1.807) is 0 Å². The fourth-order valence-electron chi connectivity index (χ4n) is 0.930. The number of rotatable bonds is 2. The zero-order valence-electron chi connectivity index (χ0n) is 7.46. The topological polar surface area (TPSA) is 66.4 Å². The summed E-state index contributed by atoms with van der Waals surface area (Å²) in [6.45, 7) is -0.211. The summed E-state index contributed by atoms with van der Waals surface area (Å²) < 4.78 is 13.1. The van der Waals surface area contributed by atoms with Gasteiger partial charge in [0.25, 0.3) is 0 Å². The third-order valence-corrected chi connectivity index (χ3v) is 1.88. The number of carbonyl (C=O) groups is 2. The molecule has 80 valence electrons. The molecule has 0 unspecified atom stereocenters. The lowest BCUT2D eigenvalue weighted by Crippen LogP contribution is -2.30. The highest BCUT2D eigenvalue weighted by Crippen LogP contribution is 2.14. The van der Waals surface area contributed by atoms with Gasteiger partial charge in [0, 0.05) is 17.1 Å². The first-order chi connectivity index (χ1) is 7.00. The Morgan fingerprint density at radius 3 is 2.73 bits per heavy atom. The number of aliphatic carboxylic acids is 1. The number of carboxylic acid groups (broad SMARTS) is 1. The zero-order valence-corrected chi connectivity index (χ0v) is 8.21. The molecule has 0 aromatic heterocycles. The Balaban J connectivity index is 2.69. The van der Waals surface area contributed by atoms with Gasteiger partial charge < -0.3 is 10.4 Å². The van der Waals surface area contributed by atoms with Crippen LogP contribution in [0.25, 0.3) is 0 Å². The molecule has 4 nitrogen and oxygen atoms in total. The van der Waals surface area contributed by atoms with Crippen molar-refractivity contribution in [3.8, 4) is 0 Å². The number of nitrogens with one attached hydrogen (secondary N) is 1. The van der Waals surface area contributed by atoms with Crippen LogP contribution in [-0.2, 0) is 16.1 Å². The minimum atomic E-state index is -1.61. The third kappa shape index (κ3) is 3.21. The second-order valence-corrected chi connectivity index (χ2v) is 3.16. The summed E-state index contributed by atoms with van der Waals surface area (Å²) in [6, 6.07) is 3.82. The van der Waals surface area contributed by atoms with E-state index in [1.807, 2.05) is 5.32 Å². The highest BCUT2D eigenvalue weighted by Gasteiger charge is 2.11. The summed E-state index contributed by atoms with van der Waals surface area (Å²) in [5.41, 5.74) is 0.136. The molecule has 0 heterocycles. The summed E-state index contributed by atoms with van der Waals surface area (Å²) in [5, 5.41) is 10.6. The number of benzene rings is 1. The van der Waals surface area contributed by atoms with Crippen LogP contribution in [0.3, 0.4) is 0 Å². The molecule has 1 aromatic rings. The molecule has 1 amide bonds. The summed E-state index contributed by atoms with van der Waals surface area (Å²) in [7, 11) is 0. The van der Waals surface area contributed by atoms with Crippen molar-refractivity contribution in [2.24, 2.45) is 0 Å². The van der Waals surface area contributed by atoms with E-state index in [-0.39, 0.29) is 12.1 Å². The molecular formula is C9H7ClFNO3. The molecular weight excluding hydrogens is 225 g/mol. The van der Waals surface area contributed by atoms with Crippen LogP contribution in [0.2, 0.25) is 5.02 Å². The first-order valence-electron chi connectivity index (χ1n) is 3.95. The zero-order chi connectivity index (χ0) is 11.4. The van der Waals surface area contributed by atoms with Gasteiger partial charge in [0.1, 0.15) is 5.82 Å². The predicted molar refractivity (Wildman–Crippen MR) is 50.9 cm³/mol. The Kier molecular flexibility index (Phi) is 3.62. The van der Waals surface area contributed by atoms with Gasteiger partial charge in [-0.15, -0.1) is 0 Å². The minimum absolute atomic E-state index is 0.136. The lowest BCUT2D eigenvalue weighted by atomic mass is 10.2. The molecule has 6 heteroatoms. The van der Waals surface area contributed by atoms with E-state index in [0.717, 1.165) is 6.07 Å². The van der Waals surface area contributed by atoms with Gasteiger partial charge in [-0.05, 0) is 18.2 Å². The van der Waals surface area contributed by atoms with Crippen LogP contribution in [0, 0.1) is 5.82 Å². The molecule has 0 fully saturated rings. The van der Waals surface area contributed by atoms with Gasteiger partial charge in [-0.3, -0.25) is 4.79 Å². The standard InChI is InChI=1S/C9H7ClFNO3/c10-6-1-2-7(11)5(3-6)4-12-8(13)9(14)15/h1-3H,4H2,(H,12,13)(H,14,15). The lowest BCUT2D eigenvalue weighted by molar-refractivity contribution is -0.150. The molecule has 0 spiro atoms. The normalized spacial score (nSPS) is 9.73. The molecule has 15 heavy (non-hydrogen) atoms. The van der Waals surface area contributed by atoms with Gasteiger partial charge in [-0.2, -0.15) is 0 Å². The van der Waals surface area contributed by atoms with Gasteiger partial charge in [-0.1, -0.05) is 11.6 Å². The van der Waals surface area contributed by atoms with E-state index >= 15 is 0 Å². The minimum Gasteiger partial charge on any atom is -0.474 e. The molecule has 0 atom stereocenters. The van der Waals surface area contributed by atoms with Crippen molar-refractivity contribution in [3.63, 3.8) is 0 Å². The first-order valence-corrected chi connectivity index (χ1v) is 4.33. The largest absolute Gasteiger partial charge is 0.474 e. The maximum atomic E-state index is 13.1. The number of carbonyl (C=O) groups excluding carboxylic acids is 1. The van der Waals surface area contributed by atoms with Crippen LogP contribution in [0.1, 0.15) is 5.56 Å². The van der Waals surface area contributed by atoms with Crippen LogP contribution in [0.15, 0.2) is 18.2 Å². The van der Waals surface area contributed by atoms with Gasteiger partial charge in [-0.25, -0.2) is 9.18 Å². The Hall–Kier alpha value is -1.62. The molecule has 1 rings (SSSR count). The second-order valence-electron chi connectivity index (χ2n) is 2.72. The average Bonchev–Trinajstić information content (AvgIpc) is 2.18. The van der Waals surface area contributed by atoms with E-state index in [2.05, 4.69) is 0 Å². The Morgan fingerprint density at radius 1 is 1.47 bits per heavy atom. The molecule has 0 bridgehead atoms. The molecule has 1 aromatic carbocycles. The van der Waals surface area contributed by atoms with Gasteiger partial charge >= 0.3 is 11.9 Å². The summed E-state index contributed by atoms with van der Waals surface area (Å²) in [6.07, 6.45) is 0. The summed E-state index contributed by atoms with van der Waals surface area (Å²) in [5.74, 6) is -3.35. The maximum absolute atomic E-state index is 13.1. The maximum Gasteiger partial charge on any atom is 0.394 e. The van der Waals surface area contributed by atoms with Gasteiger partial charge in [0.05, 0.1) is 0 Å². The van der Waals surface area contributed by atoms with Crippen molar-refractivity contribution in [1.82, 2.24) is 5.32 Å². The molecule has 0 aliphatic heterocycles. The first kappa shape index (κ1) is 11.5. The quantitative estimate of drug-likeness (QED) is 0.751. The van der Waals surface area contributed by atoms with E-state index in [1.165, 1.54) is 12.1 Å². The van der Waals surface area contributed by atoms with E-state index in [4.69, 9.17) is 16.7 Å². The average molecular weight is 232 g/mol. The van der Waals surface area contributed by atoms with E-state index in [0.29, 0.717) is 5.02 Å². The van der Waals surface area contributed by atoms with Crippen molar-refractivity contribution in [3.05, 3.63) is 34.6 Å². The van der Waals surface area contributed by atoms with E-state index in [9.17, 15) is 14.0 Å². The summed E-state index contributed by atoms with van der Waals surface area (Å²) in [4.78, 5) is 20.8. The molecule has 0 saturated heterocycles. The van der Waals surface area contributed by atoms with Crippen LogP contribution in [-0.4, -0.2) is 17.0 Å². The lowest BCUT2D eigenvalue weighted by Gasteiger charge is -2.04. The highest BCUT2D eigenvalue weighted by atomic mass is 35.5. The number of hydrogen-bond donors (Lipinski definition) is 2. The number of hydrogen-bond acceptors (Lipinski definition) is 2. The molecule has 2 N–H and O–H groups in total. The van der Waals surface area contributed by atoms with Gasteiger partial charge in [0.2, 0.25) is 0 Å². The molecule has 0 aliphatic rings. The van der Waals surface area contributed by atoms with Crippen molar-refractivity contribution >= 4 is 23.5 Å². The van der Waals surface area contributed by atoms with Crippen LogP contribution < -0.4 is 5.32 Å². The second kappa shape index (κ2) is 4.75. The summed E-state index contributed by atoms with van der Waals surface area (Å²) >= 11 is 5.60. The predicted octanol–water partition coefficient (Wildman–Crippen LogP) is 1.18. The van der Waals surface area contributed by atoms with Gasteiger partial charge in [0.15, 0.2) is 0 Å². The van der Waals surface area contributed by atoms with Crippen LogP contribution >= 0.6 is 11.6 Å². The van der Waals surface area contributed by atoms with Crippen molar-refractivity contribution in [2.45, 2.75) is 6.54 Å². The van der Waals surface area contributed by atoms with Crippen molar-refractivity contribution in [2.75, 3.05) is 0 Å². The van der Waals surface area contributed by atoms with Crippen molar-refractivity contribution in [1.29, 1.82) is 0 Å². The number of amides is 1. The SMILES string of the molecule is O=C(O)C(=O)NCc1cc(Cl)ccc1F. The molecule has 0 aliphatic carbocycles. The number of carboxylic acids is 1. The van der Waals surface area contributed by atoms with Crippen molar-refractivity contribution < 1.29 is 19.1 Å². The fraction of sp³-hybridized carbons (Fsp3) is 0.111.